The van der Waals surface area contributed by atoms with Crippen LogP contribution in [0.4, 0.5) is 5.00 Å². The summed E-state index contributed by atoms with van der Waals surface area (Å²) in [6.45, 7) is 8.03. The van der Waals surface area contributed by atoms with Gasteiger partial charge < -0.3 is 15.2 Å². The Balaban J connectivity index is 1.90. The predicted molar refractivity (Wildman–Crippen MR) is 112 cm³/mol. The number of hydrogen-bond donors (Lipinski definition) is 2. The Bertz CT molecular complexity index is 851. The zero-order chi connectivity index (χ0) is 21.3. The van der Waals surface area contributed by atoms with E-state index in [4.69, 9.17) is 4.74 Å². The van der Waals surface area contributed by atoms with Gasteiger partial charge in [0.1, 0.15) is 5.00 Å². The number of fused-ring (bicyclic) bond motifs is 2. The van der Waals surface area contributed by atoms with E-state index in [0.717, 1.165) is 41.7 Å². The number of aryl methyl sites for hydroxylation is 1. The quantitative estimate of drug-likeness (QED) is 0.501. The second-order valence-electron chi connectivity index (χ2n) is 8.05. The highest BCUT2D eigenvalue weighted by Gasteiger charge is 2.57. The summed E-state index contributed by atoms with van der Waals surface area (Å²) in [7, 11) is 0. The van der Waals surface area contributed by atoms with Crippen molar-refractivity contribution in [1.82, 2.24) is 0 Å². The molecule has 2 aliphatic rings. The molecule has 2 fully saturated rings. The molecule has 7 heteroatoms. The first-order valence-electron chi connectivity index (χ1n) is 10.3. The average molecular weight is 420 g/mol. The van der Waals surface area contributed by atoms with Gasteiger partial charge in [0.25, 0.3) is 0 Å². The highest BCUT2D eigenvalue weighted by atomic mass is 32.1. The van der Waals surface area contributed by atoms with Crippen molar-refractivity contribution in [1.29, 1.82) is 0 Å². The minimum Gasteiger partial charge on any atom is -0.481 e. The summed E-state index contributed by atoms with van der Waals surface area (Å²) in [5.74, 6) is -3.11. The smallest absolute Gasteiger partial charge is 0.341 e. The number of nitrogens with one attached hydrogen (secondary N) is 1. The minimum absolute atomic E-state index is 0.0350. The van der Waals surface area contributed by atoms with Crippen LogP contribution in [-0.2, 0) is 20.7 Å². The Morgan fingerprint density at radius 1 is 1.17 bits per heavy atom. The number of aliphatic carboxylic acids is 1. The largest absolute Gasteiger partial charge is 0.481 e. The molecule has 3 rings (SSSR count). The van der Waals surface area contributed by atoms with Crippen LogP contribution in [0.3, 0.4) is 0 Å². The number of hydrogen-bond acceptors (Lipinski definition) is 5. The molecule has 2 N–H and O–H groups in total. The van der Waals surface area contributed by atoms with Gasteiger partial charge >= 0.3 is 11.9 Å². The van der Waals surface area contributed by atoms with Crippen molar-refractivity contribution >= 4 is 34.2 Å². The maximum atomic E-state index is 13.2. The molecule has 2 saturated carbocycles. The fourth-order valence-electron chi connectivity index (χ4n) is 5.06. The number of rotatable bonds is 7. The maximum absolute atomic E-state index is 13.2. The molecule has 1 amide bonds. The molecule has 4 atom stereocenters. The van der Waals surface area contributed by atoms with Gasteiger partial charge in [0, 0.05) is 4.88 Å². The molecule has 2 aliphatic carbocycles. The van der Waals surface area contributed by atoms with E-state index in [1.54, 1.807) is 13.0 Å². The first-order valence-corrected chi connectivity index (χ1v) is 11.1. The van der Waals surface area contributed by atoms with Crippen LogP contribution < -0.4 is 5.32 Å². The second-order valence-corrected chi connectivity index (χ2v) is 9.19. The van der Waals surface area contributed by atoms with E-state index < -0.39 is 23.8 Å². The first kappa shape index (κ1) is 21.6. The van der Waals surface area contributed by atoms with E-state index >= 15 is 0 Å². The Kier molecular flexibility index (Phi) is 6.46. The number of carboxylic acids is 1. The molecule has 0 spiro atoms. The van der Waals surface area contributed by atoms with Crippen LogP contribution in [0.5, 0.6) is 0 Å². The van der Waals surface area contributed by atoms with Crippen LogP contribution in [-0.4, -0.2) is 29.6 Å². The number of amides is 1. The molecular weight excluding hydrogens is 390 g/mol. The van der Waals surface area contributed by atoms with E-state index in [0.29, 0.717) is 10.6 Å². The number of carbonyl (C=O) groups excluding carboxylic acids is 2. The van der Waals surface area contributed by atoms with Crippen LogP contribution >= 0.6 is 11.3 Å². The Hall–Kier alpha value is -2.15. The van der Waals surface area contributed by atoms with Crippen molar-refractivity contribution in [2.45, 2.75) is 53.4 Å². The van der Waals surface area contributed by atoms with Crippen LogP contribution in [0.15, 0.2) is 17.2 Å². The minimum atomic E-state index is -0.917. The third-order valence-corrected chi connectivity index (χ3v) is 7.13. The molecule has 0 aliphatic heterocycles. The van der Waals surface area contributed by atoms with Gasteiger partial charge in [0.2, 0.25) is 5.91 Å². The summed E-state index contributed by atoms with van der Waals surface area (Å²) in [5, 5.41) is 13.2. The molecule has 29 heavy (non-hydrogen) atoms. The zero-order valence-electron chi connectivity index (χ0n) is 17.4. The molecular formula is C22H29NO5S. The number of ether oxygens (including phenoxy) is 1. The first-order chi connectivity index (χ1) is 13.8. The van der Waals surface area contributed by atoms with Gasteiger partial charge in [-0.1, -0.05) is 24.5 Å². The lowest BCUT2D eigenvalue weighted by atomic mass is 9.79. The highest BCUT2D eigenvalue weighted by Crippen LogP contribution is 2.57. The van der Waals surface area contributed by atoms with Gasteiger partial charge in [0.15, 0.2) is 0 Å². The van der Waals surface area contributed by atoms with Crippen LogP contribution in [0.1, 0.15) is 62.2 Å². The molecule has 0 radical (unpaired) electrons. The normalized spacial score (nSPS) is 25.2. The van der Waals surface area contributed by atoms with Crippen LogP contribution in [0.25, 0.3) is 0 Å². The third kappa shape index (κ3) is 3.97. The topological polar surface area (TPSA) is 92.7 Å². The molecule has 6 nitrogen and oxygen atoms in total. The summed E-state index contributed by atoms with van der Waals surface area (Å²) < 4.78 is 5.14. The predicted octanol–water partition coefficient (Wildman–Crippen LogP) is 4.51. The van der Waals surface area contributed by atoms with Gasteiger partial charge in [-0.25, -0.2) is 4.79 Å². The Morgan fingerprint density at radius 2 is 1.83 bits per heavy atom. The van der Waals surface area contributed by atoms with Crippen LogP contribution in [0.2, 0.25) is 0 Å². The van der Waals surface area contributed by atoms with Gasteiger partial charge in [-0.2, -0.15) is 0 Å². The fourth-order valence-corrected chi connectivity index (χ4v) is 6.21. The summed E-state index contributed by atoms with van der Waals surface area (Å²) in [6, 6.07) is 1.78. The fraction of sp³-hybridized carbons (Fsp3) is 0.591. The van der Waals surface area contributed by atoms with Crippen molar-refractivity contribution in [2.24, 2.45) is 23.7 Å². The van der Waals surface area contributed by atoms with Crippen molar-refractivity contribution in [3.63, 3.8) is 0 Å². The summed E-state index contributed by atoms with van der Waals surface area (Å²) in [5.41, 5.74) is 2.61. The van der Waals surface area contributed by atoms with Crippen LogP contribution in [0, 0.1) is 23.7 Å². The van der Waals surface area contributed by atoms with Crippen molar-refractivity contribution in [3.05, 3.63) is 27.7 Å². The Labute approximate surface area is 175 Å². The van der Waals surface area contributed by atoms with Gasteiger partial charge in [-0.3, -0.25) is 9.59 Å². The molecule has 1 aromatic rings. The van der Waals surface area contributed by atoms with Gasteiger partial charge in [-0.05, 0) is 57.9 Å². The number of esters is 1. The number of carboxylic acid groups (broad SMARTS) is 1. The lowest BCUT2D eigenvalue weighted by Crippen LogP contribution is -2.37. The highest BCUT2D eigenvalue weighted by molar-refractivity contribution is 7.16. The number of carbonyl (C=O) groups is 3. The van der Waals surface area contributed by atoms with E-state index in [2.05, 4.69) is 12.2 Å². The van der Waals surface area contributed by atoms with Crippen molar-refractivity contribution in [3.8, 4) is 0 Å². The molecule has 0 unspecified atom stereocenters. The lowest BCUT2D eigenvalue weighted by molar-refractivity contribution is -0.148. The summed E-state index contributed by atoms with van der Waals surface area (Å²) in [6.07, 6.45) is 3.39. The van der Waals surface area contributed by atoms with E-state index in [1.165, 1.54) is 11.3 Å². The Morgan fingerprint density at radius 3 is 2.38 bits per heavy atom. The second kappa shape index (κ2) is 8.69. The van der Waals surface area contributed by atoms with E-state index in [-0.39, 0.29) is 24.3 Å². The van der Waals surface area contributed by atoms with Gasteiger partial charge in [-0.15, -0.1) is 11.3 Å². The summed E-state index contributed by atoms with van der Waals surface area (Å²) >= 11 is 1.37. The maximum Gasteiger partial charge on any atom is 0.341 e. The van der Waals surface area contributed by atoms with Crippen molar-refractivity contribution in [2.75, 3.05) is 11.9 Å². The van der Waals surface area contributed by atoms with E-state index in [1.807, 2.05) is 13.8 Å². The summed E-state index contributed by atoms with van der Waals surface area (Å²) in [4.78, 5) is 38.6. The number of thiophene rings is 1. The third-order valence-electron chi connectivity index (χ3n) is 6.02. The average Bonchev–Trinajstić information content (AvgIpc) is 3.33. The number of anilines is 1. The molecule has 1 aromatic heterocycles. The van der Waals surface area contributed by atoms with Crippen molar-refractivity contribution < 1.29 is 24.2 Å². The lowest BCUT2D eigenvalue weighted by Gasteiger charge is -2.26. The van der Waals surface area contributed by atoms with E-state index in [9.17, 15) is 19.5 Å². The SMILES string of the molecule is CCCc1cc(C(=O)OCC)c(NC(=O)[C@H]2[C@@H](C(=O)O)[C@@H]3CC[C@H]2C3=C(C)C)s1. The number of allylic oxidation sites excluding steroid dienone is 2. The molecule has 158 valence electrons. The van der Waals surface area contributed by atoms with Gasteiger partial charge in [0.05, 0.1) is 24.0 Å². The molecule has 1 heterocycles. The zero-order valence-corrected chi connectivity index (χ0v) is 18.2. The molecule has 0 aromatic carbocycles. The standard InChI is InChI=1S/C22H29NO5S/c1-5-7-12-10-15(22(27)28-6-2)20(29-12)23-19(24)17-13-8-9-14(16(13)11(3)4)18(17)21(25)26/h10,13-14,17-18H,5-9H2,1-4H3,(H,23,24)(H,25,26)/t13-,14+,17+,18-/m0/s1. The monoisotopic (exact) mass is 419 g/mol. The molecule has 0 saturated heterocycles. The molecule has 2 bridgehead atoms.